The largest absolute Gasteiger partial charge is 0.362 e. The van der Waals surface area contributed by atoms with E-state index >= 15 is 0 Å². The smallest absolute Gasteiger partial charge is 0.138 e. The second-order valence-corrected chi connectivity index (χ2v) is 4.01. The quantitative estimate of drug-likeness (QED) is 0.599. The Morgan fingerprint density at radius 2 is 2.20 bits per heavy atom. The molecule has 0 aromatic carbocycles. The van der Waals surface area contributed by atoms with Gasteiger partial charge in [-0.05, 0) is 12.2 Å². The van der Waals surface area contributed by atoms with Crippen LogP contribution < -0.4 is 5.32 Å². The summed E-state index contributed by atoms with van der Waals surface area (Å²) in [6.45, 7) is 3.07. The molecule has 10 heavy (non-hydrogen) atoms. The zero-order chi connectivity index (χ0) is 6.16. The van der Waals surface area contributed by atoms with Gasteiger partial charge in [-0.25, -0.2) is 0 Å². The highest BCUT2D eigenvalue weighted by Gasteiger charge is 2.39. The molecule has 2 aliphatic heterocycles. The van der Waals surface area contributed by atoms with Crippen LogP contribution in [0, 0.1) is 0 Å². The van der Waals surface area contributed by atoms with E-state index in [1.807, 2.05) is 11.8 Å². The lowest BCUT2D eigenvalue weighted by Gasteiger charge is -2.44. The highest BCUT2D eigenvalue weighted by molar-refractivity contribution is 8.00. The molecule has 0 atom stereocenters. The summed E-state index contributed by atoms with van der Waals surface area (Å²) in [5, 5.41) is 3.23. The molecule has 0 amide bonds. The number of hydrogen-bond acceptors (Lipinski definition) is 3. The molecule has 0 aromatic rings. The highest BCUT2D eigenvalue weighted by atomic mass is 35.5. The fraction of sp³-hybridized carbons (Fsp3) is 1.00. The molecule has 0 bridgehead atoms. The van der Waals surface area contributed by atoms with Crippen molar-refractivity contribution in [2.75, 3.05) is 25.4 Å². The van der Waals surface area contributed by atoms with Crippen LogP contribution in [0.3, 0.4) is 0 Å². The third-order valence-electron chi connectivity index (χ3n) is 1.81. The van der Waals surface area contributed by atoms with Crippen LogP contribution >= 0.6 is 24.2 Å². The van der Waals surface area contributed by atoms with Crippen molar-refractivity contribution < 1.29 is 4.74 Å². The predicted molar refractivity (Wildman–Crippen MR) is 45.9 cm³/mol. The lowest BCUT2D eigenvalue weighted by molar-refractivity contribution is -0.0152. The Kier molecular flexibility index (Phi) is 2.86. The molecule has 60 valence electrons. The Balaban J connectivity index is 0.000000500. The second kappa shape index (κ2) is 3.30. The van der Waals surface area contributed by atoms with Crippen molar-refractivity contribution in [1.82, 2.24) is 5.32 Å². The first kappa shape index (κ1) is 8.65. The first-order valence-electron chi connectivity index (χ1n) is 3.40. The predicted octanol–water partition coefficient (Wildman–Crippen LogP) is 0.861. The fourth-order valence-corrected chi connectivity index (χ4v) is 2.36. The molecule has 0 unspecified atom stereocenters. The fourth-order valence-electron chi connectivity index (χ4n) is 1.15. The molecule has 0 aromatic heterocycles. The molecule has 1 spiro atoms. The molecule has 0 saturated carbocycles. The lowest BCUT2D eigenvalue weighted by Crippen LogP contribution is -2.60. The van der Waals surface area contributed by atoms with Crippen molar-refractivity contribution in [2.24, 2.45) is 0 Å². The van der Waals surface area contributed by atoms with Gasteiger partial charge in [0, 0.05) is 19.7 Å². The van der Waals surface area contributed by atoms with E-state index in [1.165, 1.54) is 12.2 Å². The topological polar surface area (TPSA) is 21.3 Å². The van der Waals surface area contributed by atoms with Crippen LogP contribution in [-0.4, -0.2) is 30.4 Å². The van der Waals surface area contributed by atoms with Crippen molar-refractivity contribution in [3.05, 3.63) is 0 Å². The van der Waals surface area contributed by atoms with Crippen LogP contribution in [0.5, 0.6) is 0 Å². The van der Waals surface area contributed by atoms with Gasteiger partial charge in [-0.1, -0.05) is 0 Å². The molecule has 2 nitrogen and oxygen atoms in total. The number of hydrogen-bond donors (Lipinski definition) is 1. The third-order valence-corrected chi connectivity index (χ3v) is 3.23. The molecule has 2 saturated heterocycles. The van der Waals surface area contributed by atoms with Gasteiger partial charge in [0.1, 0.15) is 4.93 Å². The van der Waals surface area contributed by atoms with Gasteiger partial charge in [0.25, 0.3) is 0 Å². The van der Waals surface area contributed by atoms with Gasteiger partial charge < -0.3 is 10.1 Å². The Bertz CT molecular complexity index is 110. The minimum Gasteiger partial charge on any atom is -0.362 e. The molecule has 4 heteroatoms. The van der Waals surface area contributed by atoms with Crippen LogP contribution in [0.1, 0.15) is 6.42 Å². The number of thioether (sulfide) groups is 1. The Morgan fingerprint density at radius 1 is 1.40 bits per heavy atom. The average Bonchev–Trinajstić information content (AvgIpc) is 1.87. The number of halogens is 1. The van der Waals surface area contributed by atoms with E-state index in [0.29, 0.717) is 0 Å². The number of nitrogens with one attached hydrogen (secondary N) is 1. The zero-order valence-corrected chi connectivity index (χ0v) is 7.39. The Labute approximate surface area is 71.5 Å². The van der Waals surface area contributed by atoms with Crippen molar-refractivity contribution in [3.8, 4) is 0 Å². The van der Waals surface area contributed by atoms with Crippen molar-refractivity contribution in [3.63, 3.8) is 0 Å². The van der Waals surface area contributed by atoms with E-state index in [9.17, 15) is 0 Å². The third kappa shape index (κ3) is 1.42. The maximum atomic E-state index is 5.60. The summed E-state index contributed by atoms with van der Waals surface area (Å²) in [7, 11) is 0. The van der Waals surface area contributed by atoms with Crippen molar-refractivity contribution in [1.29, 1.82) is 0 Å². The molecule has 2 aliphatic rings. The Morgan fingerprint density at radius 3 is 2.50 bits per heavy atom. The molecule has 2 rings (SSSR count). The summed E-state index contributed by atoms with van der Waals surface area (Å²) >= 11 is 1.97. The van der Waals surface area contributed by atoms with Crippen LogP contribution in [0.4, 0.5) is 0 Å². The first-order chi connectivity index (χ1) is 4.41. The van der Waals surface area contributed by atoms with Gasteiger partial charge in [0.05, 0.1) is 0 Å². The van der Waals surface area contributed by atoms with Gasteiger partial charge in [0.15, 0.2) is 0 Å². The maximum Gasteiger partial charge on any atom is 0.138 e. The highest BCUT2D eigenvalue weighted by Crippen LogP contribution is 2.34. The minimum atomic E-state index is 0. The van der Waals surface area contributed by atoms with E-state index in [2.05, 4.69) is 5.32 Å². The molecule has 0 aliphatic carbocycles. The van der Waals surface area contributed by atoms with Gasteiger partial charge in [-0.15, -0.1) is 24.2 Å². The maximum absolute atomic E-state index is 5.60. The van der Waals surface area contributed by atoms with E-state index in [1.54, 1.807) is 0 Å². The zero-order valence-electron chi connectivity index (χ0n) is 5.76. The van der Waals surface area contributed by atoms with Gasteiger partial charge in [0.2, 0.25) is 0 Å². The van der Waals surface area contributed by atoms with Crippen LogP contribution in [-0.2, 0) is 4.74 Å². The van der Waals surface area contributed by atoms with Gasteiger partial charge in [-0.3, -0.25) is 0 Å². The van der Waals surface area contributed by atoms with Gasteiger partial charge in [-0.2, -0.15) is 0 Å². The summed E-state index contributed by atoms with van der Waals surface area (Å²) in [6.07, 6.45) is 1.23. The minimum absolute atomic E-state index is 0. The summed E-state index contributed by atoms with van der Waals surface area (Å²) in [6, 6.07) is 0. The first-order valence-corrected chi connectivity index (χ1v) is 4.39. The van der Waals surface area contributed by atoms with E-state index in [-0.39, 0.29) is 17.3 Å². The van der Waals surface area contributed by atoms with Gasteiger partial charge >= 0.3 is 0 Å². The standard InChI is InChI=1S/C6H11NOS.ClH/c1-2-8-6(9-3-1)4-7-5-6;/h7H,1-5H2;1H. The molecular formula is C6H12ClNOS. The van der Waals surface area contributed by atoms with E-state index < -0.39 is 0 Å². The Hall–Kier alpha value is 0.560. The normalized spacial score (nSPS) is 28.8. The number of ether oxygens (including phenoxy) is 1. The van der Waals surface area contributed by atoms with E-state index in [4.69, 9.17) is 4.74 Å². The average molecular weight is 182 g/mol. The van der Waals surface area contributed by atoms with Crippen molar-refractivity contribution in [2.45, 2.75) is 11.4 Å². The molecule has 0 radical (unpaired) electrons. The van der Waals surface area contributed by atoms with E-state index in [0.717, 1.165) is 19.7 Å². The second-order valence-electron chi connectivity index (χ2n) is 2.56. The van der Waals surface area contributed by atoms with Crippen LogP contribution in [0.25, 0.3) is 0 Å². The summed E-state index contributed by atoms with van der Waals surface area (Å²) in [4.78, 5) is 0.207. The van der Waals surface area contributed by atoms with Crippen molar-refractivity contribution >= 4 is 24.2 Å². The molecule has 1 N–H and O–H groups in total. The lowest BCUT2D eigenvalue weighted by atomic mass is 10.2. The molecule has 2 heterocycles. The van der Waals surface area contributed by atoms with Crippen LogP contribution in [0.2, 0.25) is 0 Å². The summed E-state index contributed by atoms with van der Waals surface area (Å²) in [5.74, 6) is 1.28. The summed E-state index contributed by atoms with van der Waals surface area (Å²) < 4.78 is 5.60. The molecule has 2 fully saturated rings. The number of rotatable bonds is 0. The van der Waals surface area contributed by atoms with Crippen LogP contribution in [0.15, 0.2) is 0 Å². The SMILES string of the molecule is C1COC2(CNC2)SC1.Cl. The summed E-state index contributed by atoms with van der Waals surface area (Å²) in [5.41, 5.74) is 0. The monoisotopic (exact) mass is 181 g/mol. The molecular weight excluding hydrogens is 170 g/mol.